The van der Waals surface area contributed by atoms with Crippen molar-refractivity contribution in [3.63, 3.8) is 0 Å². The molecule has 0 aliphatic rings. The Morgan fingerprint density at radius 1 is 1.19 bits per heavy atom. The first-order valence-corrected chi connectivity index (χ1v) is 9.14. The van der Waals surface area contributed by atoms with Crippen LogP contribution in [0.25, 0.3) is 5.69 Å². The minimum absolute atomic E-state index is 0.215. The molecule has 0 aliphatic heterocycles. The fourth-order valence-corrected chi connectivity index (χ4v) is 3.41. The van der Waals surface area contributed by atoms with E-state index in [4.69, 9.17) is 11.6 Å². The number of amides is 1. The Morgan fingerprint density at radius 3 is 2.54 bits per heavy atom. The van der Waals surface area contributed by atoms with Gasteiger partial charge in [0.15, 0.2) is 5.69 Å². The first-order chi connectivity index (χ1) is 12.3. The van der Waals surface area contributed by atoms with Crippen molar-refractivity contribution in [2.75, 3.05) is 0 Å². The van der Waals surface area contributed by atoms with Crippen molar-refractivity contribution >= 4 is 27.5 Å². The highest BCUT2D eigenvalue weighted by Gasteiger charge is 2.21. The standard InChI is InChI=1S/C16H12ClFN4O3S/c1-10-2-7-15(13(17)8-10)22-9-14(19-21-22)16(23)20-26(24,25)12-5-3-11(18)4-6-12/h2-9H,1H3,(H,20,23). The summed E-state index contributed by atoms with van der Waals surface area (Å²) in [6.45, 7) is 1.87. The number of benzene rings is 2. The Morgan fingerprint density at radius 2 is 1.88 bits per heavy atom. The summed E-state index contributed by atoms with van der Waals surface area (Å²) >= 11 is 6.14. The maximum Gasteiger partial charge on any atom is 0.287 e. The number of nitrogens with zero attached hydrogens (tertiary/aromatic N) is 3. The molecule has 0 unspecified atom stereocenters. The maximum atomic E-state index is 12.9. The van der Waals surface area contributed by atoms with Gasteiger partial charge in [-0.15, -0.1) is 5.10 Å². The van der Waals surface area contributed by atoms with Crippen LogP contribution in [-0.4, -0.2) is 29.3 Å². The van der Waals surface area contributed by atoms with Gasteiger partial charge in [-0.3, -0.25) is 4.79 Å². The summed E-state index contributed by atoms with van der Waals surface area (Å²) in [5.74, 6) is -1.56. The predicted octanol–water partition coefficient (Wildman–Crippen LogP) is 2.49. The van der Waals surface area contributed by atoms with Crippen LogP contribution in [0.1, 0.15) is 16.1 Å². The highest BCUT2D eigenvalue weighted by atomic mass is 35.5. The van der Waals surface area contributed by atoms with E-state index >= 15 is 0 Å². The van der Waals surface area contributed by atoms with Gasteiger partial charge >= 0.3 is 0 Å². The molecule has 3 rings (SSSR count). The number of rotatable bonds is 4. The monoisotopic (exact) mass is 394 g/mol. The van der Waals surface area contributed by atoms with E-state index in [2.05, 4.69) is 10.3 Å². The molecule has 1 amide bonds. The molecule has 0 saturated heterocycles. The van der Waals surface area contributed by atoms with E-state index in [9.17, 15) is 17.6 Å². The van der Waals surface area contributed by atoms with Gasteiger partial charge in [-0.25, -0.2) is 22.2 Å². The Bertz CT molecular complexity index is 1080. The van der Waals surface area contributed by atoms with Crippen LogP contribution in [0.5, 0.6) is 0 Å². The summed E-state index contributed by atoms with van der Waals surface area (Å²) in [5.41, 5.74) is 1.22. The zero-order chi connectivity index (χ0) is 18.9. The van der Waals surface area contributed by atoms with Crippen LogP contribution < -0.4 is 4.72 Å². The second-order valence-corrected chi connectivity index (χ2v) is 7.48. The van der Waals surface area contributed by atoms with Gasteiger partial charge in [0.25, 0.3) is 15.9 Å². The molecule has 0 fully saturated rings. The molecule has 7 nitrogen and oxygen atoms in total. The Labute approximate surface area is 153 Å². The zero-order valence-electron chi connectivity index (χ0n) is 13.3. The largest absolute Gasteiger partial charge is 0.287 e. The number of carbonyl (C=O) groups excluding carboxylic acids is 1. The van der Waals surface area contributed by atoms with Gasteiger partial charge in [-0.2, -0.15) is 0 Å². The van der Waals surface area contributed by atoms with Crippen LogP contribution in [0.4, 0.5) is 4.39 Å². The SMILES string of the molecule is Cc1ccc(-n2cc(C(=O)NS(=O)(=O)c3ccc(F)cc3)nn2)c(Cl)c1. The van der Waals surface area contributed by atoms with E-state index < -0.39 is 21.7 Å². The highest BCUT2D eigenvalue weighted by Crippen LogP contribution is 2.21. The van der Waals surface area contributed by atoms with Crippen LogP contribution >= 0.6 is 11.6 Å². The molecule has 3 aromatic rings. The molecule has 2 aromatic carbocycles. The quantitative estimate of drug-likeness (QED) is 0.733. The second-order valence-electron chi connectivity index (χ2n) is 5.39. The lowest BCUT2D eigenvalue weighted by atomic mass is 10.2. The number of aryl methyl sites for hydroxylation is 1. The summed E-state index contributed by atoms with van der Waals surface area (Å²) < 4.78 is 40.4. The molecule has 0 aliphatic carbocycles. The summed E-state index contributed by atoms with van der Waals surface area (Å²) in [5, 5.41) is 7.86. The molecule has 0 atom stereocenters. The first-order valence-electron chi connectivity index (χ1n) is 7.28. The fourth-order valence-electron chi connectivity index (χ4n) is 2.13. The van der Waals surface area contributed by atoms with E-state index in [1.54, 1.807) is 12.1 Å². The molecule has 1 aromatic heterocycles. The molecular weight excluding hydrogens is 383 g/mol. The van der Waals surface area contributed by atoms with Crippen molar-refractivity contribution in [3.05, 3.63) is 70.8 Å². The number of aromatic nitrogens is 3. The van der Waals surface area contributed by atoms with Gasteiger partial charge in [-0.05, 0) is 48.9 Å². The van der Waals surface area contributed by atoms with Crippen LogP contribution in [-0.2, 0) is 10.0 Å². The van der Waals surface area contributed by atoms with Crippen molar-refractivity contribution in [1.29, 1.82) is 0 Å². The number of nitrogens with one attached hydrogen (secondary N) is 1. The lowest BCUT2D eigenvalue weighted by Gasteiger charge is -2.05. The Kier molecular flexibility index (Phi) is 4.75. The third-order valence-electron chi connectivity index (χ3n) is 3.43. The van der Waals surface area contributed by atoms with E-state index in [0.29, 0.717) is 10.7 Å². The normalized spacial score (nSPS) is 11.3. The number of sulfonamides is 1. The molecule has 0 spiro atoms. The van der Waals surface area contributed by atoms with Gasteiger partial charge in [-0.1, -0.05) is 22.9 Å². The van der Waals surface area contributed by atoms with Crippen LogP contribution in [0, 0.1) is 12.7 Å². The predicted molar refractivity (Wildman–Crippen MR) is 92.2 cm³/mol. The summed E-state index contributed by atoms with van der Waals surface area (Å²) in [4.78, 5) is 11.9. The summed E-state index contributed by atoms with van der Waals surface area (Å²) in [7, 11) is -4.16. The van der Waals surface area contributed by atoms with Gasteiger partial charge in [0, 0.05) is 0 Å². The van der Waals surface area contributed by atoms with Crippen molar-refractivity contribution in [1.82, 2.24) is 19.7 Å². The van der Waals surface area contributed by atoms with Gasteiger partial charge in [0.05, 0.1) is 21.8 Å². The minimum atomic E-state index is -4.16. The Hall–Kier alpha value is -2.78. The van der Waals surface area contributed by atoms with Crippen molar-refractivity contribution in [3.8, 4) is 5.69 Å². The third kappa shape index (κ3) is 3.73. The van der Waals surface area contributed by atoms with E-state index in [0.717, 1.165) is 29.8 Å². The molecule has 26 heavy (non-hydrogen) atoms. The lowest BCUT2D eigenvalue weighted by Crippen LogP contribution is -2.30. The van der Waals surface area contributed by atoms with E-state index in [-0.39, 0.29) is 10.6 Å². The van der Waals surface area contributed by atoms with Crippen LogP contribution in [0.15, 0.2) is 53.6 Å². The summed E-state index contributed by atoms with van der Waals surface area (Å²) in [6.07, 6.45) is 1.26. The number of halogens is 2. The number of hydrogen-bond donors (Lipinski definition) is 1. The molecular formula is C16H12ClFN4O3S. The van der Waals surface area contributed by atoms with Gasteiger partial charge in [0.1, 0.15) is 5.82 Å². The highest BCUT2D eigenvalue weighted by molar-refractivity contribution is 7.90. The van der Waals surface area contributed by atoms with Crippen molar-refractivity contribution in [2.45, 2.75) is 11.8 Å². The van der Waals surface area contributed by atoms with Gasteiger partial charge < -0.3 is 0 Å². The van der Waals surface area contributed by atoms with Gasteiger partial charge in [0.2, 0.25) is 0 Å². The molecule has 10 heteroatoms. The average molecular weight is 395 g/mol. The van der Waals surface area contributed by atoms with E-state index in [1.165, 1.54) is 10.9 Å². The summed E-state index contributed by atoms with van der Waals surface area (Å²) in [6, 6.07) is 9.29. The molecule has 0 radical (unpaired) electrons. The first kappa shape index (κ1) is 18.0. The maximum absolute atomic E-state index is 12.9. The molecule has 134 valence electrons. The van der Waals surface area contributed by atoms with E-state index in [1.807, 2.05) is 17.7 Å². The lowest BCUT2D eigenvalue weighted by molar-refractivity contribution is 0.0976. The van der Waals surface area contributed by atoms with Crippen LogP contribution in [0.3, 0.4) is 0 Å². The number of carbonyl (C=O) groups is 1. The Balaban J connectivity index is 1.83. The number of hydrogen-bond acceptors (Lipinski definition) is 5. The molecule has 1 N–H and O–H groups in total. The molecule has 0 bridgehead atoms. The zero-order valence-corrected chi connectivity index (χ0v) is 14.9. The topological polar surface area (TPSA) is 94.0 Å². The van der Waals surface area contributed by atoms with Crippen molar-refractivity contribution in [2.24, 2.45) is 0 Å². The fraction of sp³-hybridized carbons (Fsp3) is 0.0625. The average Bonchev–Trinajstić information content (AvgIpc) is 3.04. The van der Waals surface area contributed by atoms with Crippen molar-refractivity contribution < 1.29 is 17.6 Å². The minimum Gasteiger partial charge on any atom is -0.266 e. The second kappa shape index (κ2) is 6.85. The van der Waals surface area contributed by atoms with Crippen LogP contribution in [0.2, 0.25) is 5.02 Å². The smallest absolute Gasteiger partial charge is 0.266 e. The molecule has 1 heterocycles. The third-order valence-corrected chi connectivity index (χ3v) is 5.08. The molecule has 0 saturated carbocycles.